The van der Waals surface area contributed by atoms with Crippen molar-refractivity contribution in [2.24, 2.45) is 0 Å². The van der Waals surface area contributed by atoms with Crippen LogP contribution in [0.15, 0.2) is 42.6 Å². The highest BCUT2D eigenvalue weighted by molar-refractivity contribution is 6.32. The maximum absolute atomic E-state index is 12.4. The zero-order chi connectivity index (χ0) is 22.8. The molecule has 2 aromatic carbocycles. The van der Waals surface area contributed by atoms with Gasteiger partial charge in [-0.2, -0.15) is 0 Å². The van der Waals surface area contributed by atoms with Crippen LogP contribution >= 0.6 is 11.6 Å². The van der Waals surface area contributed by atoms with Crippen molar-refractivity contribution < 1.29 is 23.9 Å². The van der Waals surface area contributed by atoms with Gasteiger partial charge in [-0.05, 0) is 31.2 Å². The number of benzene rings is 2. The summed E-state index contributed by atoms with van der Waals surface area (Å²) >= 11 is 6.16. The van der Waals surface area contributed by atoms with Gasteiger partial charge in [-0.1, -0.05) is 11.6 Å². The van der Waals surface area contributed by atoms with Crippen LogP contribution in [0.4, 0.5) is 5.69 Å². The molecule has 2 heterocycles. The molecule has 9 nitrogen and oxygen atoms in total. The number of nitrogens with one attached hydrogen (secondary N) is 1. The first-order valence-electron chi connectivity index (χ1n) is 9.64. The first-order chi connectivity index (χ1) is 15.4. The van der Waals surface area contributed by atoms with Crippen LogP contribution in [-0.4, -0.2) is 34.6 Å². The molecule has 0 amide bonds. The highest BCUT2D eigenvalue weighted by atomic mass is 35.5. The molecular formula is C22H18ClN3O6. The van der Waals surface area contributed by atoms with Crippen LogP contribution in [-0.2, 0) is 16.1 Å². The number of aromatic nitrogens is 2. The van der Waals surface area contributed by atoms with E-state index in [4.69, 9.17) is 25.8 Å². The molecule has 2 aromatic heterocycles. The average Bonchev–Trinajstić information content (AvgIpc) is 3.14. The number of esters is 1. The van der Waals surface area contributed by atoms with E-state index in [1.54, 1.807) is 25.3 Å². The van der Waals surface area contributed by atoms with E-state index in [0.29, 0.717) is 11.3 Å². The van der Waals surface area contributed by atoms with Crippen molar-refractivity contribution >= 4 is 45.1 Å². The third-order valence-electron chi connectivity index (χ3n) is 4.82. The molecule has 164 valence electrons. The number of rotatable bonds is 7. The number of H-pyrrole nitrogens is 1. The minimum absolute atomic E-state index is 0.118. The van der Waals surface area contributed by atoms with E-state index >= 15 is 0 Å². The summed E-state index contributed by atoms with van der Waals surface area (Å²) in [6, 6.07) is 9.35. The summed E-state index contributed by atoms with van der Waals surface area (Å²) in [7, 11) is 1.54. The van der Waals surface area contributed by atoms with Gasteiger partial charge in [0.15, 0.2) is 5.69 Å². The Morgan fingerprint density at radius 2 is 2.03 bits per heavy atom. The lowest BCUT2D eigenvalue weighted by Gasteiger charge is -2.10. The number of non-ortho nitro benzene ring substituents is 1. The Kier molecular flexibility index (Phi) is 5.93. The molecule has 1 N–H and O–H groups in total. The highest BCUT2D eigenvalue weighted by Crippen LogP contribution is 2.36. The minimum Gasteiger partial charge on any atom is -0.461 e. The van der Waals surface area contributed by atoms with E-state index in [2.05, 4.69) is 9.97 Å². The fraction of sp³-hybridized carbons (Fsp3) is 0.182. The van der Waals surface area contributed by atoms with E-state index in [1.165, 1.54) is 25.3 Å². The van der Waals surface area contributed by atoms with Crippen LogP contribution in [0.3, 0.4) is 0 Å². The van der Waals surface area contributed by atoms with E-state index in [1.807, 2.05) is 6.07 Å². The zero-order valence-corrected chi connectivity index (χ0v) is 17.9. The van der Waals surface area contributed by atoms with Gasteiger partial charge in [0.1, 0.15) is 11.5 Å². The predicted octanol–water partition coefficient (Wildman–Crippen LogP) is 5.39. The number of aromatic amines is 1. The van der Waals surface area contributed by atoms with Crippen molar-refractivity contribution in [2.75, 3.05) is 13.7 Å². The summed E-state index contributed by atoms with van der Waals surface area (Å²) in [5.41, 5.74) is 2.19. The molecule has 0 radical (unpaired) electrons. The van der Waals surface area contributed by atoms with Crippen LogP contribution in [0, 0.1) is 10.1 Å². The standard InChI is InChI=1S/C22H18ClN3O6/c1-3-31-22(27)21-15(11-30-2)20-14-9-13(5-6-17(14)25-18(20)10-24-21)32-19-7-4-12(26(28)29)8-16(19)23/h4-10,25H,3,11H2,1-2H3. The van der Waals surface area contributed by atoms with Gasteiger partial charge in [0.2, 0.25) is 0 Å². The second-order valence-electron chi connectivity index (χ2n) is 6.83. The van der Waals surface area contributed by atoms with Gasteiger partial charge in [-0.25, -0.2) is 9.78 Å². The topological polar surface area (TPSA) is 117 Å². The SMILES string of the molecule is CCOC(=O)c1ncc2[nH]c3ccc(Oc4ccc([N+](=O)[O-])cc4Cl)cc3c2c1COC. The van der Waals surface area contributed by atoms with Crippen LogP contribution in [0.2, 0.25) is 5.02 Å². The largest absolute Gasteiger partial charge is 0.461 e. The Hall–Kier alpha value is -3.69. The predicted molar refractivity (Wildman–Crippen MR) is 118 cm³/mol. The van der Waals surface area contributed by atoms with E-state index < -0.39 is 10.9 Å². The number of nitro benzene ring substituents is 1. The smallest absolute Gasteiger partial charge is 0.357 e. The molecule has 0 fully saturated rings. The molecule has 0 unspecified atom stereocenters. The monoisotopic (exact) mass is 455 g/mol. The van der Waals surface area contributed by atoms with Gasteiger partial charge in [0.25, 0.3) is 5.69 Å². The van der Waals surface area contributed by atoms with Gasteiger partial charge < -0.3 is 19.2 Å². The third-order valence-corrected chi connectivity index (χ3v) is 5.12. The molecule has 32 heavy (non-hydrogen) atoms. The van der Waals surface area contributed by atoms with Crippen molar-refractivity contribution in [1.82, 2.24) is 9.97 Å². The van der Waals surface area contributed by atoms with Crippen molar-refractivity contribution in [3.05, 3.63) is 69.0 Å². The van der Waals surface area contributed by atoms with E-state index in [9.17, 15) is 14.9 Å². The quantitative estimate of drug-likeness (QED) is 0.225. The Morgan fingerprint density at radius 1 is 1.22 bits per heavy atom. The molecule has 0 spiro atoms. The number of carbonyl (C=O) groups excluding carboxylic acids is 1. The summed E-state index contributed by atoms with van der Waals surface area (Å²) in [5.74, 6) is 0.218. The zero-order valence-electron chi connectivity index (χ0n) is 17.2. The number of ether oxygens (including phenoxy) is 3. The molecule has 0 aliphatic carbocycles. The van der Waals surface area contributed by atoms with Gasteiger partial charge in [-0.15, -0.1) is 0 Å². The molecule has 10 heteroatoms. The molecule has 4 rings (SSSR count). The first-order valence-corrected chi connectivity index (χ1v) is 10.0. The van der Waals surface area contributed by atoms with Crippen molar-refractivity contribution in [3.8, 4) is 11.5 Å². The number of pyridine rings is 1. The van der Waals surface area contributed by atoms with Gasteiger partial charge >= 0.3 is 5.97 Å². The normalized spacial score (nSPS) is 11.1. The maximum Gasteiger partial charge on any atom is 0.357 e. The molecule has 0 aliphatic heterocycles. The second kappa shape index (κ2) is 8.81. The summed E-state index contributed by atoms with van der Waals surface area (Å²) in [6.07, 6.45) is 1.58. The number of methoxy groups -OCH3 is 1. The minimum atomic E-state index is -0.528. The van der Waals surface area contributed by atoms with Crippen molar-refractivity contribution in [1.29, 1.82) is 0 Å². The molecule has 4 aromatic rings. The van der Waals surface area contributed by atoms with E-state index in [0.717, 1.165) is 21.8 Å². The molecule has 0 saturated carbocycles. The maximum atomic E-state index is 12.4. The molecule has 0 aliphatic rings. The summed E-state index contributed by atoms with van der Waals surface area (Å²) in [4.78, 5) is 30.4. The lowest BCUT2D eigenvalue weighted by molar-refractivity contribution is -0.384. The number of fused-ring (bicyclic) bond motifs is 3. The Bertz CT molecular complexity index is 1350. The molecular weight excluding hydrogens is 438 g/mol. The third kappa shape index (κ3) is 3.95. The first kappa shape index (κ1) is 21.5. The molecule has 0 bridgehead atoms. The lowest BCUT2D eigenvalue weighted by atomic mass is 10.1. The van der Waals surface area contributed by atoms with Crippen LogP contribution in [0.1, 0.15) is 23.0 Å². The van der Waals surface area contributed by atoms with Crippen LogP contribution in [0.25, 0.3) is 21.8 Å². The average molecular weight is 456 g/mol. The summed E-state index contributed by atoms with van der Waals surface area (Å²) in [6.45, 7) is 2.11. The number of hydrogen-bond donors (Lipinski definition) is 1. The number of nitro groups is 1. The van der Waals surface area contributed by atoms with Gasteiger partial charge in [-0.3, -0.25) is 10.1 Å². The number of carbonyl (C=O) groups is 1. The Labute approximate surface area is 187 Å². The number of hydrogen-bond acceptors (Lipinski definition) is 7. The van der Waals surface area contributed by atoms with Crippen molar-refractivity contribution in [2.45, 2.75) is 13.5 Å². The van der Waals surface area contributed by atoms with Gasteiger partial charge in [0, 0.05) is 41.1 Å². The Morgan fingerprint density at radius 3 is 2.72 bits per heavy atom. The number of nitrogens with zero attached hydrogens (tertiary/aromatic N) is 2. The lowest BCUT2D eigenvalue weighted by Crippen LogP contribution is -2.11. The second-order valence-corrected chi connectivity index (χ2v) is 7.24. The van der Waals surface area contributed by atoms with E-state index in [-0.39, 0.29) is 35.4 Å². The fourth-order valence-electron chi connectivity index (χ4n) is 3.48. The van der Waals surface area contributed by atoms with Gasteiger partial charge in [0.05, 0.1) is 34.9 Å². The Balaban J connectivity index is 1.82. The van der Waals surface area contributed by atoms with Crippen LogP contribution in [0.5, 0.6) is 11.5 Å². The molecule has 0 saturated heterocycles. The molecule has 0 atom stereocenters. The fourth-order valence-corrected chi connectivity index (χ4v) is 3.69. The summed E-state index contributed by atoms with van der Waals surface area (Å²) < 4.78 is 16.3. The summed E-state index contributed by atoms with van der Waals surface area (Å²) in [5, 5.41) is 12.6. The highest BCUT2D eigenvalue weighted by Gasteiger charge is 2.21. The van der Waals surface area contributed by atoms with Crippen LogP contribution < -0.4 is 4.74 Å². The number of halogens is 1. The van der Waals surface area contributed by atoms with Crippen molar-refractivity contribution in [3.63, 3.8) is 0 Å².